The Morgan fingerprint density at radius 2 is 1.89 bits per heavy atom. The topological polar surface area (TPSA) is 107 Å². The number of rotatable bonds is 5. The highest BCUT2D eigenvalue weighted by atomic mass is 32.2. The van der Waals surface area contributed by atoms with Crippen LogP contribution in [0.5, 0.6) is 5.75 Å². The van der Waals surface area contributed by atoms with Gasteiger partial charge in [-0.15, -0.1) is 0 Å². The first-order valence-electron chi connectivity index (χ1n) is 8.02. The smallest absolute Gasteiger partial charge is 0.339 e. The monoisotopic (exact) mass is 414 g/mol. The standard InChI is InChI=1S/C19H14N2O5S2/c22-14-7-6-12(9-13(14)18(25)26)20-16(23)10-21-17(24)15(28-19(21)27)8-11-4-2-1-3-5-11/h1-9,22H,10H2,(H,20,23)(H,25,26)/b15-8-. The molecular formula is C19H14N2O5S2. The lowest BCUT2D eigenvalue weighted by Crippen LogP contribution is -2.36. The van der Waals surface area contributed by atoms with Gasteiger partial charge in [0.2, 0.25) is 5.91 Å². The number of aromatic hydroxyl groups is 1. The third-order valence-electron chi connectivity index (χ3n) is 3.78. The Balaban J connectivity index is 1.70. The van der Waals surface area contributed by atoms with Gasteiger partial charge in [-0.25, -0.2) is 4.79 Å². The van der Waals surface area contributed by atoms with E-state index >= 15 is 0 Å². The second kappa shape index (κ2) is 8.24. The number of aromatic carboxylic acids is 1. The molecule has 0 unspecified atom stereocenters. The predicted molar refractivity (Wildman–Crippen MR) is 110 cm³/mol. The van der Waals surface area contributed by atoms with E-state index < -0.39 is 17.6 Å². The fraction of sp³-hybridized carbons (Fsp3) is 0.0526. The van der Waals surface area contributed by atoms with Gasteiger partial charge in [0.05, 0.1) is 4.91 Å². The van der Waals surface area contributed by atoms with E-state index in [-0.39, 0.29) is 28.0 Å². The van der Waals surface area contributed by atoms with Crippen LogP contribution in [0.15, 0.2) is 53.4 Å². The van der Waals surface area contributed by atoms with Gasteiger partial charge < -0.3 is 15.5 Å². The Morgan fingerprint density at radius 3 is 2.57 bits per heavy atom. The molecule has 0 radical (unpaired) electrons. The zero-order valence-electron chi connectivity index (χ0n) is 14.3. The van der Waals surface area contributed by atoms with Crippen molar-refractivity contribution in [2.75, 3.05) is 11.9 Å². The molecule has 7 nitrogen and oxygen atoms in total. The number of thiocarbonyl (C=S) groups is 1. The summed E-state index contributed by atoms with van der Waals surface area (Å²) >= 11 is 6.31. The number of benzene rings is 2. The molecule has 0 aromatic heterocycles. The van der Waals surface area contributed by atoms with Crippen LogP contribution in [0.4, 0.5) is 5.69 Å². The summed E-state index contributed by atoms with van der Waals surface area (Å²) < 4.78 is 0.263. The second-order valence-electron chi connectivity index (χ2n) is 5.76. The molecule has 2 aromatic carbocycles. The lowest BCUT2D eigenvalue weighted by Gasteiger charge is -2.14. The average Bonchev–Trinajstić information content (AvgIpc) is 2.91. The average molecular weight is 414 g/mol. The molecule has 142 valence electrons. The van der Waals surface area contributed by atoms with E-state index in [1.165, 1.54) is 17.0 Å². The molecule has 1 heterocycles. The molecule has 28 heavy (non-hydrogen) atoms. The number of hydrogen-bond acceptors (Lipinski definition) is 6. The Morgan fingerprint density at radius 1 is 1.18 bits per heavy atom. The molecule has 0 atom stereocenters. The molecule has 0 bridgehead atoms. The van der Waals surface area contributed by atoms with Gasteiger partial charge in [-0.3, -0.25) is 14.5 Å². The minimum absolute atomic E-state index is 0.186. The van der Waals surface area contributed by atoms with E-state index in [9.17, 15) is 19.5 Å². The maximum Gasteiger partial charge on any atom is 0.339 e. The second-order valence-corrected chi connectivity index (χ2v) is 7.44. The van der Waals surface area contributed by atoms with Crippen molar-refractivity contribution in [1.29, 1.82) is 0 Å². The van der Waals surface area contributed by atoms with Gasteiger partial charge >= 0.3 is 5.97 Å². The lowest BCUT2D eigenvalue weighted by molar-refractivity contribution is -0.126. The van der Waals surface area contributed by atoms with Crippen LogP contribution in [0.3, 0.4) is 0 Å². The lowest BCUT2D eigenvalue weighted by atomic mass is 10.2. The normalized spacial score (nSPS) is 15.1. The van der Waals surface area contributed by atoms with Crippen LogP contribution in [-0.2, 0) is 9.59 Å². The Kier molecular flexibility index (Phi) is 5.76. The molecule has 3 rings (SSSR count). The number of thioether (sulfide) groups is 1. The maximum absolute atomic E-state index is 12.6. The van der Waals surface area contributed by atoms with Gasteiger partial charge in [0.1, 0.15) is 22.2 Å². The van der Waals surface area contributed by atoms with Crippen LogP contribution in [-0.4, -0.2) is 43.8 Å². The zero-order valence-corrected chi connectivity index (χ0v) is 15.9. The molecule has 0 saturated carbocycles. The van der Waals surface area contributed by atoms with Gasteiger partial charge in [0.15, 0.2) is 0 Å². The van der Waals surface area contributed by atoms with E-state index in [0.29, 0.717) is 4.91 Å². The van der Waals surface area contributed by atoms with E-state index in [1.807, 2.05) is 30.3 Å². The first kappa shape index (κ1) is 19.6. The molecule has 1 fully saturated rings. The van der Waals surface area contributed by atoms with Gasteiger partial charge in [-0.05, 0) is 29.8 Å². The summed E-state index contributed by atoms with van der Waals surface area (Å²) in [5, 5.41) is 21.0. The number of carbonyl (C=O) groups excluding carboxylic acids is 2. The number of amides is 2. The molecule has 9 heteroatoms. The molecule has 1 saturated heterocycles. The fourth-order valence-electron chi connectivity index (χ4n) is 2.47. The molecule has 2 amide bonds. The summed E-state index contributed by atoms with van der Waals surface area (Å²) in [5.41, 5.74) is 0.692. The largest absolute Gasteiger partial charge is 0.507 e. The summed E-state index contributed by atoms with van der Waals surface area (Å²) in [6, 6.07) is 12.9. The molecule has 3 N–H and O–H groups in total. The SMILES string of the molecule is O=C(CN1C(=O)/C(=C/c2ccccc2)SC1=S)Nc1ccc(O)c(C(=O)O)c1. The minimum Gasteiger partial charge on any atom is -0.507 e. The highest BCUT2D eigenvalue weighted by molar-refractivity contribution is 8.26. The highest BCUT2D eigenvalue weighted by Crippen LogP contribution is 2.32. The number of hydrogen-bond donors (Lipinski definition) is 3. The van der Waals surface area contributed by atoms with Crippen LogP contribution in [0.25, 0.3) is 6.08 Å². The van der Waals surface area contributed by atoms with Crippen molar-refractivity contribution in [2.24, 2.45) is 0 Å². The number of phenols is 1. The number of carboxylic acids is 1. The zero-order chi connectivity index (χ0) is 20.3. The van der Waals surface area contributed by atoms with Crippen molar-refractivity contribution in [1.82, 2.24) is 4.90 Å². The quantitative estimate of drug-likeness (QED) is 0.392. The van der Waals surface area contributed by atoms with Gasteiger partial charge in [0.25, 0.3) is 5.91 Å². The van der Waals surface area contributed by atoms with Crippen molar-refractivity contribution in [3.8, 4) is 5.75 Å². The van der Waals surface area contributed by atoms with Crippen molar-refractivity contribution in [2.45, 2.75) is 0 Å². The minimum atomic E-state index is -1.32. The number of anilines is 1. The van der Waals surface area contributed by atoms with Gasteiger partial charge in [-0.1, -0.05) is 54.3 Å². The van der Waals surface area contributed by atoms with Crippen LogP contribution in [0, 0.1) is 0 Å². The molecule has 0 aliphatic carbocycles. The first-order valence-corrected chi connectivity index (χ1v) is 9.24. The van der Waals surface area contributed by atoms with Crippen LogP contribution in [0.2, 0.25) is 0 Å². The van der Waals surface area contributed by atoms with E-state index in [2.05, 4.69) is 5.32 Å². The molecule has 1 aliphatic heterocycles. The predicted octanol–water partition coefficient (Wildman–Crippen LogP) is 2.93. The van der Waals surface area contributed by atoms with Crippen LogP contribution >= 0.6 is 24.0 Å². The van der Waals surface area contributed by atoms with Gasteiger partial charge in [-0.2, -0.15) is 0 Å². The molecule has 1 aliphatic rings. The molecule has 0 spiro atoms. The molecular weight excluding hydrogens is 400 g/mol. The van der Waals surface area contributed by atoms with Crippen LogP contribution in [0.1, 0.15) is 15.9 Å². The Labute approximate surface area is 169 Å². The van der Waals surface area contributed by atoms with Crippen LogP contribution < -0.4 is 5.32 Å². The third-order valence-corrected chi connectivity index (χ3v) is 5.16. The molecule has 2 aromatic rings. The summed E-state index contributed by atoms with van der Waals surface area (Å²) in [6.45, 7) is -0.305. The van der Waals surface area contributed by atoms with E-state index in [0.717, 1.165) is 23.4 Å². The van der Waals surface area contributed by atoms with Crippen molar-refractivity contribution in [3.05, 3.63) is 64.6 Å². The van der Waals surface area contributed by atoms with Crippen molar-refractivity contribution >= 4 is 57.8 Å². The highest BCUT2D eigenvalue weighted by Gasteiger charge is 2.33. The third kappa shape index (κ3) is 4.38. The summed E-state index contributed by atoms with van der Waals surface area (Å²) in [5.74, 6) is -2.64. The van der Waals surface area contributed by atoms with E-state index in [1.54, 1.807) is 6.08 Å². The van der Waals surface area contributed by atoms with E-state index in [4.69, 9.17) is 17.3 Å². The fourth-order valence-corrected chi connectivity index (χ4v) is 3.72. The summed E-state index contributed by atoms with van der Waals surface area (Å²) in [4.78, 5) is 37.5. The summed E-state index contributed by atoms with van der Waals surface area (Å²) in [7, 11) is 0. The number of nitrogens with one attached hydrogen (secondary N) is 1. The van der Waals surface area contributed by atoms with Crippen molar-refractivity contribution < 1.29 is 24.6 Å². The van der Waals surface area contributed by atoms with Gasteiger partial charge in [0, 0.05) is 5.69 Å². The van der Waals surface area contributed by atoms with Crippen molar-refractivity contribution in [3.63, 3.8) is 0 Å². The first-order chi connectivity index (χ1) is 13.3. The number of nitrogens with zero attached hydrogens (tertiary/aromatic N) is 1. The Bertz CT molecular complexity index is 1000. The summed E-state index contributed by atoms with van der Waals surface area (Å²) in [6.07, 6.45) is 1.70. The maximum atomic E-state index is 12.6. The number of carboxylic acid groups (broad SMARTS) is 1. The number of carbonyl (C=O) groups is 3. The Hall–Kier alpha value is -3.17.